The lowest BCUT2D eigenvalue weighted by molar-refractivity contribution is 1.07. The fourth-order valence-electron chi connectivity index (χ4n) is 6.88. The van der Waals surface area contributed by atoms with Crippen LogP contribution in [0.5, 0.6) is 0 Å². The molecule has 3 heterocycles. The zero-order chi connectivity index (χ0) is 35.1. The molecule has 0 aliphatic carbocycles. The molecule has 7 heteroatoms. The Bertz CT molecular complexity index is 2880. The minimum Gasteiger partial charge on any atom is -0.258 e. The minimum absolute atomic E-state index is 0.620. The van der Waals surface area contributed by atoms with Gasteiger partial charge in [-0.3, -0.25) is 4.40 Å². The van der Waals surface area contributed by atoms with Crippen LogP contribution in [0.3, 0.4) is 0 Å². The molecule has 0 spiro atoms. The van der Waals surface area contributed by atoms with E-state index in [-0.39, 0.29) is 0 Å². The molecule has 248 valence electrons. The highest BCUT2D eigenvalue weighted by molar-refractivity contribution is 5.95. The quantitative estimate of drug-likeness (QED) is 0.174. The van der Waals surface area contributed by atoms with E-state index in [1.54, 1.807) is 0 Å². The van der Waals surface area contributed by atoms with Gasteiger partial charge in [0.2, 0.25) is 0 Å². The zero-order valence-corrected chi connectivity index (χ0v) is 28.4. The molecule has 53 heavy (non-hydrogen) atoms. The highest BCUT2D eigenvalue weighted by atomic mass is 15.3. The van der Waals surface area contributed by atoms with Gasteiger partial charge in [0.1, 0.15) is 5.82 Å². The Hall–Kier alpha value is -7.38. The highest BCUT2D eigenvalue weighted by Crippen LogP contribution is 2.33. The Morgan fingerprint density at radius 2 is 0.849 bits per heavy atom. The van der Waals surface area contributed by atoms with Crippen molar-refractivity contribution in [1.82, 2.24) is 34.5 Å². The summed E-state index contributed by atoms with van der Waals surface area (Å²) in [6.45, 7) is 0. The lowest BCUT2D eigenvalue weighted by atomic mass is 10.0. The predicted molar refractivity (Wildman–Crippen MR) is 212 cm³/mol. The van der Waals surface area contributed by atoms with Crippen LogP contribution in [0.1, 0.15) is 0 Å². The summed E-state index contributed by atoms with van der Waals surface area (Å²) < 4.78 is 2.09. The van der Waals surface area contributed by atoms with Gasteiger partial charge in [0.25, 0.3) is 0 Å². The maximum Gasteiger partial charge on any atom is 0.172 e. The molecule has 0 saturated heterocycles. The van der Waals surface area contributed by atoms with Gasteiger partial charge in [-0.1, -0.05) is 152 Å². The van der Waals surface area contributed by atoms with E-state index in [2.05, 4.69) is 101 Å². The van der Waals surface area contributed by atoms with Crippen molar-refractivity contribution in [2.24, 2.45) is 0 Å². The molecule has 10 aromatic rings. The third-order valence-electron chi connectivity index (χ3n) is 9.55. The largest absolute Gasteiger partial charge is 0.258 e. The molecule has 0 atom stereocenters. The predicted octanol–water partition coefficient (Wildman–Crippen LogP) is 10.6. The van der Waals surface area contributed by atoms with Gasteiger partial charge in [0, 0.05) is 33.2 Å². The maximum atomic E-state index is 5.21. The summed E-state index contributed by atoms with van der Waals surface area (Å²) in [6, 6.07) is 59.8. The van der Waals surface area contributed by atoms with Crippen LogP contribution in [0.4, 0.5) is 0 Å². The number of nitrogens with zero attached hydrogens (tertiary/aromatic N) is 7. The van der Waals surface area contributed by atoms with E-state index >= 15 is 0 Å². The van der Waals surface area contributed by atoms with Crippen LogP contribution in [0.2, 0.25) is 0 Å². The van der Waals surface area contributed by atoms with Crippen molar-refractivity contribution in [2.45, 2.75) is 0 Å². The summed E-state index contributed by atoms with van der Waals surface area (Å²) in [5.74, 6) is 3.41. The monoisotopic (exact) mass is 679 g/mol. The van der Waals surface area contributed by atoms with Crippen LogP contribution >= 0.6 is 0 Å². The maximum absolute atomic E-state index is 5.21. The van der Waals surface area contributed by atoms with Crippen LogP contribution < -0.4 is 0 Å². The lowest BCUT2D eigenvalue weighted by Crippen LogP contribution is -2.00. The van der Waals surface area contributed by atoms with E-state index in [0.717, 1.165) is 72.5 Å². The van der Waals surface area contributed by atoms with Crippen molar-refractivity contribution in [3.63, 3.8) is 0 Å². The third kappa shape index (κ3) is 5.57. The number of fused-ring (bicyclic) bond motifs is 4. The van der Waals surface area contributed by atoms with Gasteiger partial charge in [-0.05, 0) is 46.2 Å². The molecule has 0 radical (unpaired) electrons. The van der Waals surface area contributed by atoms with Crippen LogP contribution in [-0.4, -0.2) is 34.5 Å². The van der Waals surface area contributed by atoms with E-state index in [9.17, 15) is 0 Å². The first-order chi connectivity index (χ1) is 26.2. The molecule has 0 aliphatic rings. The van der Waals surface area contributed by atoms with Crippen molar-refractivity contribution < 1.29 is 0 Å². The number of hydrogen-bond donors (Lipinski definition) is 0. The standard InChI is InChI=1S/C46H29N7/c1-3-13-32(14-4-1)41-48-42(33-15-5-2-6-16-33)50-43(49-41)34-25-22-31(23-26-34)36-18-11-19-37(28-36)44-47-40-21-10-9-20-39(40)46-52-51-45(53(44)46)38-27-24-30-12-7-8-17-35(30)29-38/h1-29H. The third-order valence-corrected chi connectivity index (χ3v) is 9.55. The summed E-state index contributed by atoms with van der Waals surface area (Å²) in [5.41, 5.74) is 8.48. The number of para-hydroxylation sites is 1. The van der Waals surface area contributed by atoms with Crippen LogP contribution in [-0.2, 0) is 0 Å². The SMILES string of the molecule is c1ccc(-c2nc(-c3ccccc3)nc(-c3ccc(-c4cccc(-c5nc6ccccc6c6nnc(-c7ccc8ccccc8c7)n56)c4)cc3)n2)cc1. The van der Waals surface area contributed by atoms with E-state index in [4.69, 9.17) is 30.1 Å². The molecule has 0 saturated carbocycles. The van der Waals surface area contributed by atoms with Crippen molar-refractivity contribution in [3.8, 4) is 68.1 Å². The van der Waals surface area contributed by atoms with Gasteiger partial charge >= 0.3 is 0 Å². The molecule has 0 amide bonds. The Morgan fingerprint density at radius 3 is 1.57 bits per heavy atom. The highest BCUT2D eigenvalue weighted by Gasteiger charge is 2.19. The summed E-state index contributed by atoms with van der Waals surface area (Å²) >= 11 is 0. The Balaban J connectivity index is 1.06. The van der Waals surface area contributed by atoms with Crippen molar-refractivity contribution in [2.75, 3.05) is 0 Å². The fourth-order valence-corrected chi connectivity index (χ4v) is 6.88. The Kier molecular flexibility index (Phi) is 7.32. The van der Waals surface area contributed by atoms with Gasteiger partial charge in [0.05, 0.1) is 5.52 Å². The zero-order valence-electron chi connectivity index (χ0n) is 28.4. The van der Waals surface area contributed by atoms with Crippen molar-refractivity contribution in [3.05, 3.63) is 176 Å². The minimum atomic E-state index is 0.620. The fraction of sp³-hybridized carbons (Fsp3) is 0. The molecule has 3 aromatic heterocycles. The normalized spacial score (nSPS) is 11.4. The molecule has 0 fully saturated rings. The first-order valence-electron chi connectivity index (χ1n) is 17.5. The van der Waals surface area contributed by atoms with Gasteiger partial charge in [-0.2, -0.15) is 0 Å². The molecule has 7 aromatic carbocycles. The molecule has 0 unspecified atom stereocenters. The van der Waals surface area contributed by atoms with Gasteiger partial charge in [-0.15, -0.1) is 10.2 Å². The summed E-state index contributed by atoms with van der Waals surface area (Å²) in [4.78, 5) is 19.9. The van der Waals surface area contributed by atoms with Crippen LogP contribution in [0.15, 0.2) is 176 Å². The smallest absolute Gasteiger partial charge is 0.172 e. The molecular formula is C46H29N7. The number of rotatable bonds is 6. The van der Waals surface area contributed by atoms with Gasteiger partial charge in [-0.25, -0.2) is 19.9 Å². The first-order valence-corrected chi connectivity index (χ1v) is 17.5. The Morgan fingerprint density at radius 1 is 0.321 bits per heavy atom. The average molecular weight is 680 g/mol. The second-order valence-corrected chi connectivity index (χ2v) is 12.9. The number of benzene rings is 7. The van der Waals surface area contributed by atoms with Crippen LogP contribution in [0, 0.1) is 0 Å². The van der Waals surface area contributed by atoms with E-state index in [0.29, 0.717) is 17.5 Å². The van der Waals surface area contributed by atoms with E-state index in [1.807, 2.05) is 78.9 Å². The van der Waals surface area contributed by atoms with E-state index in [1.165, 1.54) is 5.39 Å². The summed E-state index contributed by atoms with van der Waals surface area (Å²) in [6.07, 6.45) is 0. The van der Waals surface area contributed by atoms with Crippen LogP contribution in [0.25, 0.3) is 95.4 Å². The summed E-state index contributed by atoms with van der Waals surface area (Å²) in [7, 11) is 0. The van der Waals surface area contributed by atoms with Crippen molar-refractivity contribution >= 4 is 27.3 Å². The Labute approximate surface area is 305 Å². The first kappa shape index (κ1) is 30.4. The molecular weight excluding hydrogens is 651 g/mol. The van der Waals surface area contributed by atoms with Gasteiger partial charge in [0.15, 0.2) is 28.9 Å². The molecule has 10 rings (SSSR count). The molecule has 0 N–H and O–H groups in total. The average Bonchev–Trinajstić information content (AvgIpc) is 3.70. The molecule has 0 bridgehead atoms. The van der Waals surface area contributed by atoms with Gasteiger partial charge < -0.3 is 0 Å². The van der Waals surface area contributed by atoms with Crippen molar-refractivity contribution in [1.29, 1.82) is 0 Å². The molecule has 0 aliphatic heterocycles. The lowest BCUT2D eigenvalue weighted by Gasteiger charge is -2.12. The topological polar surface area (TPSA) is 81.8 Å². The second kappa shape index (κ2) is 12.7. The number of aromatic nitrogens is 7. The molecule has 7 nitrogen and oxygen atoms in total. The summed E-state index contributed by atoms with van der Waals surface area (Å²) in [5, 5.41) is 12.7. The van der Waals surface area contributed by atoms with E-state index < -0.39 is 0 Å². The number of hydrogen-bond acceptors (Lipinski definition) is 6. The second-order valence-electron chi connectivity index (χ2n) is 12.9.